The Balaban J connectivity index is 1.29. The van der Waals surface area contributed by atoms with Crippen LogP contribution in [0.25, 0.3) is 155 Å². The highest BCUT2D eigenvalue weighted by Gasteiger charge is 2.36. The Labute approximate surface area is 430 Å². The van der Waals surface area contributed by atoms with Gasteiger partial charge in [-0.05, 0) is 91.6 Å². The molecule has 13 aromatic rings. The molecule has 0 aliphatic carbocycles. The van der Waals surface area contributed by atoms with E-state index in [1.807, 2.05) is 36.4 Å². The second kappa shape index (κ2) is 16.3. The molecule has 3 aromatic heterocycles. The number of aromatic nitrogens is 6. The van der Waals surface area contributed by atoms with Crippen molar-refractivity contribution in [2.75, 3.05) is 0 Å². The van der Waals surface area contributed by atoms with E-state index in [0.717, 1.165) is 10.8 Å². The molecule has 2 aliphatic rings. The zero-order chi connectivity index (χ0) is 53.2. The Bertz CT molecular complexity index is 4760. The normalized spacial score (nSPS) is 12.2. The number of nitrogens with zero attached hydrogens (tertiary/aromatic N) is 4. The second-order valence-electron chi connectivity index (χ2n) is 19.1. The van der Waals surface area contributed by atoms with Crippen LogP contribution < -0.4 is 0 Å². The summed E-state index contributed by atoms with van der Waals surface area (Å²) < 4.78 is 163. The van der Waals surface area contributed by atoms with Crippen LogP contribution in [-0.2, 0) is 0 Å². The average Bonchev–Trinajstić information content (AvgIpc) is 4.39. The van der Waals surface area contributed by atoms with E-state index in [1.54, 1.807) is 97.1 Å². The van der Waals surface area contributed by atoms with Crippen LogP contribution in [0.5, 0.6) is 0 Å². The fraction of sp³-hybridized carbons (Fsp3) is 0. The molecule has 10 aromatic carbocycles. The maximum Gasteiger partial charge on any atom is 0.200 e. The Hall–Kier alpha value is -9.96. The van der Waals surface area contributed by atoms with Crippen LogP contribution in [0.2, 0.25) is 0 Å². The summed E-state index contributed by atoms with van der Waals surface area (Å²) in [6.07, 6.45) is 0. The third kappa shape index (κ3) is 6.33. The molecular formula is C62H26F10N6. The zero-order valence-corrected chi connectivity index (χ0v) is 39.4. The van der Waals surface area contributed by atoms with Gasteiger partial charge in [0.1, 0.15) is 11.3 Å². The van der Waals surface area contributed by atoms with Crippen LogP contribution >= 0.6 is 0 Å². The first-order valence-corrected chi connectivity index (χ1v) is 24.1. The van der Waals surface area contributed by atoms with Gasteiger partial charge in [0.2, 0.25) is 11.6 Å². The second-order valence-corrected chi connectivity index (χ2v) is 19.1. The number of nitrogens with one attached hydrogen (secondary N) is 2. The number of rotatable bonds is 2. The molecule has 16 heteroatoms. The van der Waals surface area contributed by atoms with Crippen LogP contribution in [-0.4, -0.2) is 29.9 Å². The molecule has 0 radical (unpaired) electrons. The molecule has 2 aliphatic heterocycles. The lowest BCUT2D eigenvalue weighted by Crippen LogP contribution is -2.05. The van der Waals surface area contributed by atoms with Crippen LogP contribution in [0.15, 0.2) is 146 Å². The van der Waals surface area contributed by atoms with Crippen LogP contribution in [0.3, 0.4) is 0 Å². The third-order valence-corrected chi connectivity index (χ3v) is 14.8. The lowest BCUT2D eigenvalue weighted by molar-refractivity contribution is 0.381. The van der Waals surface area contributed by atoms with Gasteiger partial charge in [-0.3, -0.25) is 0 Å². The summed E-state index contributed by atoms with van der Waals surface area (Å²) in [4.78, 5) is 26.5. The molecule has 0 amide bonds. The zero-order valence-electron chi connectivity index (χ0n) is 39.4. The van der Waals surface area contributed by atoms with Gasteiger partial charge in [0.05, 0.1) is 33.5 Å². The van der Waals surface area contributed by atoms with E-state index in [9.17, 15) is 0 Å². The molecule has 0 fully saturated rings. The highest BCUT2D eigenvalue weighted by atomic mass is 19.2. The predicted molar refractivity (Wildman–Crippen MR) is 281 cm³/mol. The van der Waals surface area contributed by atoms with Crippen molar-refractivity contribution in [3.05, 3.63) is 204 Å². The lowest BCUT2D eigenvalue weighted by atomic mass is 9.91. The van der Waals surface area contributed by atoms with Crippen molar-refractivity contribution in [2.24, 2.45) is 0 Å². The summed E-state index contributed by atoms with van der Waals surface area (Å²) in [5, 5.41) is 5.73. The molecule has 0 unspecified atom stereocenters. The highest BCUT2D eigenvalue weighted by Crippen LogP contribution is 2.52. The van der Waals surface area contributed by atoms with Gasteiger partial charge in [-0.15, -0.1) is 0 Å². The molecule has 78 heavy (non-hydrogen) atoms. The maximum absolute atomic E-state index is 17.1. The van der Waals surface area contributed by atoms with Crippen molar-refractivity contribution in [1.82, 2.24) is 29.9 Å². The Morgan fingerprint density at radius 1 is 0.256 bits per heavy atom. The molecular weight excluding hydrogens is 1020 g/mol. The Morgan fingerprint density at radius 3 is 0.846 bits per heavy atom. The molecule has 0 atom stereocenters. The molecule has 5 heterocycles. The molecule has 0 saturated heterocycles. The van der Waals surface area contributed by atoms with Crippen molar-refractivity contribution in [2.45, 2.75) is 0 Å². The monoisotopic (exact) mass is 1040 g/mol. The number of hydrogen-bond acceptors (Lipinski definition) is 4. The van der Waals surface area contributed by atoms with Crippen LogP contribution in [0, 0.1) is 58.2 Å². The molecule has 6 nitrogen and oxygen atoms in total. The summed E-state index contributed by atoms with van der Waals surface area (Å²) in [5.74, 6) is -23.1. The number of fused-ring (bicyclic) bond motifs is 24. The number of H-pyrrole nitrogens is 2. The highest BCUT2D eigenvalue weighted by molar-refractivity contribution is 6.20. The van der Waals surface area contributed by atoms with Gasteiger partial charge in [0.15, 0.2) is 58.2 Å². The van der Waals surface area contributed by atoms with E-state index in [2.05, 4.69) is 9.97 Å². The van der Waals surface area contributed by atoms with Crippen LogP contribution in [0.1, 0.15) is 0 Å². The summed E-state index contributed by atoms with van der Waals surface area (Å²) >= 11 is 0. The Kier molecular flexibility index (Phi) is 9.48. The molecule has 0 spiro atoms. The van der Waals surface area contributed by atoms with E-state index in [0.29, 0.717) is 43.4 Å². The number of halogens is 10. The smallest absolute Gasteiger partial charge is 0.200 e. The summed E-state index contributed by atoms with van der Waals surface area (Å²) in [6, 6.07) is 41.5. The van der Waals surface area contributed by atoms with Crippen molar-refractivity contribution in [1.29, 1.82) is 0 Å². The average molecular weight is 1040 g/mol. The number of benzene rings is 10. The minimum Gasteiger partial charge on any atom is -0.339 e. The van der Waals surface area contributed by atoms with Gasteiger partial charge in [-0.2, -0.15) is 0 Å². The first-order valence-electron chi connectivity index (χ1n) is 24.1. The van der Waals surface area contributed by atoms with E-state index < -0.39 is 91.8 Å². The quantitative estimate of drug-likeness (QED) is 0.103. The third-order valence-electron chi connectivity index (χ3n) is 14.8. The van der Waals surface area contributed by atoms with E-state index in [4.69, 9.17) is 19.9 Å². The fourth-order valence-corrected chi connectivity index (χ4v) is 11.2. The van der Waals surface area contributed by atoms with Crippen LogP contribution in [0.4, 0.5) is 43.9 Å². The summed E-state index contributed by atoms with van der Waals surface area (Å²) in [7, 11) is 0. The van der Waals surface area contributed by atoms with Gasteiger partial charge in [-0.1, -0.05) is 97.1 Å². The van der Waals surface area contributed by atoms with Gasteiger partial charge < -0.3 is 9.97 Å². The standard InChI is InChI=1S/C62H26F10N6/c63-45-41(46(64)50(68)53(71)49(45)67)43-55-33-17-25-9-1-2-10-26(25)18-34(33)56(73-55)44(42-47(65)51(69)54(72)52(70)48(42)66)58-36-20-28-12-4-6-14-30(28)22-38(36)60(75-58)77-62-40-24-32-16-8-7-15-31(32)23-39(40)61(78-62)76-59-37-21-29-13-5-3-11-27(29)19-35(37)57(43)74-59/h1-24H,(H2,74,75,76,77,78). The minimum absolute atomic E-state index is 0.00704. The summed E-state index contributed by atoms with van der Waals surface area (Å²) in [6.45, 7) is 0. The Morgan fingerprint density at radius 2 is 0.526 bits per heavy atom. The first kappa shape index (κ1) is 45.4. The van der Waals surface area contributed by atoms with Crippen molar-refractivity contribution >= 4 is 87.0 Å². The molecule has 8 bridgehead atoms. The minimum atomic E-state index is -2.46. The number of aromatic amines is 2. The lowest BCUT2D eigenvalue weighted by Gasteiger charge is -2.13. The molecule has 374 valence electrons. The first-order chi connectivity index (χ1) is 37.8. The summed E-state index contributed by atoms with van der Waals surface area (Å²) in [5.41, 5.74) is -5.30. The topological polar surface area (TPSA) is 83.1 Å². The largest absolute Gasteiger partial charge is 0.339 e. The fourth-order valence-electron chi connectivity index (χ4n) is 11.2. The van der Waals surface area contributed by atoms with Crippen molar-refractivity contribution in [3.8, 4) is 67.5 Å². The van der Waals surface area contributed by atoms with Gasteiger partial charge in [-0.25, -0.2) is 63.8 Å². The van der Waals surface area contributed by atoms with Crippen molar-refractivity contribution < 1.29 is 43.9 Å². The maximum atomic E-state index is 17.1. The van der Waals surface area contributed by atoms with E-state index in [1.165, 1.54) is 12.1 Å². The molecule has 0 saturated carbocycles. The SMILES string of the molecule is Fc1c(F)c(F)c(-c2c3nc(c(-c4c(F)c(F)c(F)c(F)c4F)c4[nH]c(nc5nc(nc6[nH]c2c2cc7ccccc7cc62)-c2cc6ccccc6cc2-5)c2cc5ccccc5cc42)-c2cc4ccccc4cc2-3)c(F)c1F. The van der Waals surface area contributed by atoms with Gasteiger partial charge >= 0.3 is 0 Å². The van der Waals surface area contributed by atoms with Gasteiger partial charge in [0.25, 0.3) is 0 Å². The predicted octanol–water partition coefficient (Wildman–Crippen LogP) is 17.4. The van der Waals surface area contributed by atoms with E-state index >= 15 is 43.9 Å². The molecule has 2 N–H and O–H groups in total. The number of hydrogen-bond donors (Lipinski definition) is 2. The van der Waals surface area contributed by atoms with Gasteiger partial charge in [0, 0.05) is 54.9 Å². The van der Waals surface area contributed by atoms with E-state index in [-0.39, 0.29) is 66.6 Å². The molecule has 15 rings (SSSR count). The van der Waals surface area contributed by atoms with Crippen molar-refractivity contribution in [3.63, 3.8) is 0 Å².